The summed E-state index contributed by atoms with van der Waals surface area (Å²) in [5.41, 5.74) is 2.26. The van der Waals surface area contributed by atoms with Crippen molar-refractivity contribution >= 4 is 5.69 Å². The Morgan fingerprint density at radius 3 is 2.35 bits per heavy atom. The van der Waals surface area contributed by atoms with E-state index in [1.54, 1.807) is 7.11 Å². The van der Waals surface area contributed by atoms with E-state index in [-0.39, 0.29) is 6.61 Å². The molecule has 17 heavy (non-hydrogen) atoms. The molecule has 0 spiro atoms. The minimum atomic E-state index is 0.199. The first-order chi connectivity index (χ1) is 8.17. The first kappa shape index (κ1) is 14.0. The first-order valence-corrected chi connectivity index (χ1v) is 6.12. The number of nitrogens with one attached hydrogen (secondary N) is 1. The molecular formula is C14H23NO2. The molecule has 1 rings (SSSR count). The van der Waals surface area contributed by atoms with Gasteiger partial charge in [-0.3, -0.25) is 0 Å². The largest absolute Gasteiger partial charge is 0.396 e. The summed E-state index contributed by atoms with van der Waals surface area (Å²) in [7, 11) is 1.72. The van der Waals surface area contributed by atoms with E-state index in [1.165, 1.54) is 0 Å². The van der Waals surface area contributed by atoms with Crippen LogP contribution in [0.4, 0.5) is 5.69 Å². The highest BCUT2D eigenvalue weighted by Gasteiger charge is 2.12. The van der Waals surface area contributed by atoms with Gasteiger partial charge in [0.2, 0.25) is 0 Å². The smallest absolute Gasteiger partial charge is 0.0666 e. The fraction of sp³-hybridized carbons (Fsp3) is 0.571. The van der Waals surface area contributed by atoms with Crippen molar-refractivity contribution in [3.63, 3.8) is 0 Å². The number of aliphatic hydroxyl groups is 1. The molecule has 1 aromatic rings. The number of hydrogen-bond acceptors (Lipinski definition) is 3. The summed E-state index contributed by atoms with van der Waals surface area (Å²) in [5, 5.41) is 12.3. The van der Waals surface area contributed by atoms with Crippen molar-refractivity contribution in [3.8, 4) is 0 Å². The molecule has 0 radical (unpaired) electrons. The molecule has 2 N–H and O–H groups in total. The number of methoxy groups -OCH3 is 1. The van der Waals surface area contributed by atoms with Gasteiger partial charge in [0.15, 0.2) is 0 Å². The number of hydrogen-bond donors (Lipinski definition) is 2. The van der Waals surface area contributed by atoms with E-state index in [2.05, 4.69) is 31.3 Å². The predicted octanol–water partition coefficient (Wildman–Crippen LogP) is 2.30. The van der Waals surface area contributed by atoms with E-state index in [0.717, 1.165) is 11.3 Å². The summed E-state index contributed by atoms with van der Waals surface area (Å²) in [4.78, 5) is 0. The molecule has 1 unspecified atom stereocenters. The second-order valence-corrected chi connectivity index (χ2v) is 4.62. The molecule has 0 saturated heterocycles. The van der Waals surface area contributed by atoms with Crippen LogP contribution in [0.3, 0.4) is 0 Å². The van der Waals surface area contributed by atoms with Crippen molar-refractivity contribution in [1.82, 2.24) is 0 Å². The topological polar surface area (TPSA) is 41.5 Å². The Hall–Kier alpha value is -1.06. The van der Waals surface area contributed by atoms with Gasteiger partial charge in [-0.1, -0.05) is 26.0 Å². The summed E-state index contributed by atoms with van der Waals surface area (Å²) in [6.07, 6.45) is 0.714. The van der Waals surface area contributed by atoms with Crippen molar-refractivity contribution in [2.45, 2.75) is 26.3 Å². The van der Waals surface area contributed by atoms with Crippen LogP contribution >= 0.6 is 0 Å². The second-order valence-electron chi connectivity index (χ2n) is 4.62. The maximum absolute atomic E-state index is 8.85. The zero-order chi connectivity index (χ0) is 12.7. The van der Waals surface area contributed by atoms with Gasteiger partial charge in [0.25, 0.3) is 0 Å². The number of rotatable bonds is 7. The molecule has 0 aliphatic heterocycles. The number of ether oxygens (including phenoxy) is 1. The Kier molecular flexibility index (Phi) is 6.01. The van der Waals surface area contributed by atoms with Crippen LogP contribution in [0.1, 0.15) is 19.4 Å². The van der Waals surface area contributed by atoms with Crippen LogP contribution in [-0.4, -0.2) is 31.5 Å². The summed E-state index contributed by atoms with van der Waals surface area (Å²) >= 11 is 0. The molecule has 96 valence electrons. The third-order valence-electron chi connectivity index (χ3n) is 2.86. The molecular weight excluding hydrogens is 214 g/mol. The van der Waals surface area contributed by atoms with Crippen molar-refractivity contribution in [2.75, 3.05) is 25.6 Å². The minimum Gasteiger partial charge on any atom is -0.396 e. The van der Waals surface area contributed by atoms with Gasteiger partial charge in [-0.25, -0.2) is 0 Å². The Morgan fingerprint density at radius 2 is 1.88 bits per heavy atom. The van der Waals surface area contributed by atoms with E-state index >= 15 is 0 Å². The maximum Gasteiger partial charge on any atom is 0.0666 e. The summed E-state index contributed by atoms with van der Waals surface area (Å²) in [6, 6.07) is 8.51. The SMILES string of the molecule is COCC(Nc1ccc(CCO)cc1)C(C)C. The van der Waals surface area contributed by atoms with Gasteiger partial charge < -0.3 is 15.2 Å². The lowest BCUT2D eigenvalue weighted by Gasteiger charge is -2.22. The fourth-order valence-electron chi connectivity index (χ4n) is 1.69. The number of benzene rings is 1. The van der Waals surface area contributed by atoms with E-state index in [4.69, 9.17) is 9.84 Å². The summed E-state index contributed by atoms with van der Waals surface area (Å²) < 4.78 is 5.20. The molecule has 0 fully saturated rings. The van der Waals surface area contributed by atoms with Crippen LogP contribution in [0.5, 0.6) is 0 Å². The lowest BCUT2D eigenvalue weighted by atomic mass is 10.0. The van der Waals surface area contributed by atoms with Crippen LogP contribution in [0.25, 0.3) is 0 Å². The van der Waals surface area contributed by atoms with Gasteiger partial charge in [0.1, 0.15) is 0 Å². The fourth-order valence-corrected chi connectivity index (χ4v) is 1.69. The molecule has 0 amide bonds. The molecule has 0 aromatic heterocycles. The Bertz CT molecular complexity index is 309. The highest BCUT2D eigenvalue weighted by Crippen LogP contribution is 2.14. The Labute approximate surface area is 104 Å². The molecule has 0 aliphatic carbocycles. The maximum atomic E-state index is 8.85. The molecule has 3 heteroatoms. The molecule has 1 atom stereocenters. The van der Waals surface area contributed by atoms with Crippen molar-refractivity contribution in [3.05, 3.63) is 29.8 Å². The van der Waals surface area contributed by atoms with E-state index in [9.17, 15) is 0 Å². The zero-order valence-corrected chi connectivity index (χ0v) is 10.9. The number of anilines is 1. The quantitative estimate of drug-likeness (QED) is 0.764. The average Bonchev–Trinajstić information content (AvgIpc) is 2.31. The third kappa shape index (κ3) is 4.75. The zero-order valence-electron chi connectivity index (χ0n) is 10.9. The van der Waals surface area contributed by atoms with Crippen molar-refractivity contribution in [2.24, 2.45) is 5.92 Å². The molecule has 0 saturated carbocycles. The molecule has 0 heterocycles. The van der Waals surface area contributed by atoms with Gasteiger partial charge in [-0.15, -0.1) is 0 Å². The molecule has 1 aromatic carbocycles. The highest BCUT2D eigenvalue weighted by atomic mass is 16.5. The van der Waals surface area contributed by atoms with E-state index < -0.39 is 0 Å². The third-order valence-corrected chi connectivity index (χ3v) is 2.86. The van der Waals surface area contributed by atoms with Crippen molar-refractivity contribution in [1.29, 1.82) is 0 Å². The van der Waals surface area contributed by atoms with Crippen LogP contribution in [0.15, 0.2) is 24.3 Å². The normalized spacial score (nSPS) is 12.8. The van der Waals surface area contributed by atoms with Crippen LogP contribution in [0, 0.1) is 5.92 Å². The van der Waals surface area contributed by atoms with Gasteiger partial charge in [-0.2, -0.15) is 0 Å². The van der Waals surface area contributed by atoms with E-state index in [1.807, 2.05) is 12.1 Å². The van der Waals surface area contributed by atoms with Gasteiger partial charge >= 0.3 is 0 Å². The van der Waals surface area contributed by atoms with Gasteiger partial charge in [0, 0.05) is 19.4 Å². The Morgan fingerprint density at radius 1 is 1.24 bits per heavy atom. The van der Waals surface area contributed by atoms with Gasteiger partial charge in [0.05, 0.1) is 12.6 Å². The standard InChI is InChI=1S/C14H23NO2/c1-11(2)14(10-17-3)15-13-6-4-12(5-7-13)8-9-16/h4-7,11,14-16H,8-10H2,1-3H3. The summed E-state index contributed by atoms with van der Waals surface area (Å²) in [6.45, 7) is 5.26. The van der Waals surface area contributed by atoms with Crippen LogP contribution in [-0.2, 0) is 11.2 Å². The van der Waals surface area contributed by atoms with E-state index in [0.29, 0.717) is 25.0 Å². The monoisotopic (exact) mass is 237 g/mol. The Balaban J connectivity index is 2.60. The lowest BCUT2D eigenvalue weighted by Crippen LogP contribution is -2.30. The van der Waals surface area contributed by atoms with Crippen LogP contribution < -0.4 is 5.32 Å². The predicted molar refractivity (Wildman–Crippen MR) is 71.4 cm³/mol. The lowest BCUT2D eigenvalue weighted by molar-refractivity contribution is 0.171. The first-order valence-electron chi connectivity index (χ1n) is 6.12. The number of aliphatic hydroxyl groups excluding tert-OH is 1. The average molecular weight is 237 g/mol. The van der Waals surface area contributed by atoms with Crippen LogP contribution in [0.2, 0.25) is 0 Å². The molecule has 3 nitrogen and oxygen atoms in total. The second kappa shape index (κ2) is 7.30. The molecule has 0 bridgehead atoms. The van der Waals surface area contributed by atoms with Gasteiger partial charge in [-0.05, 0) is 30.0 Å². The minimum absolute atomic E-state index is 0.199. The van der Waals surface area contributed by atoms with Crippen molar-refractivity contribution < 1.29 is 9.84 Å². The highest BCUT2D eigenvalue weighted by molar-refractivity contribution is 5.45. The molecule has 0 aliphatic rings. The summed E-state index contributed by atoms with van der Waals surface area (Å²) in [5.74, 6) is 0.520.